The van der Waals surface area contributed by atoms with Crippen LogP contribution in [0.25, 0.3) is 0 Å². The normalized spacial score (nSPS) is 50.3. The minimum atomic E-state index is -1.79. The summed E-state index contributed by atoms with van der Waals surface area (Å²) in [6, 6.07) is 0. The predicted octanol–water partition coefficient (Wildman–Crippen LogP) is -5.89. The van der Waals surface area contributed by atoms with Gasteiger partial charge in [-0.1, -0.05) is 0 Å². The summed E-state index contributed by atoms with van der Waals surface area (Å²) in [5, 5.41) is 90.2. The molecule has 0 radical (unpaired) electrons. The molecule has 0 saturated carbocycles. The highest BCUT2D eigenvalue weighted by Crippen LogP contribution is 2.32. The molecule has 14 atom stereocenters. The van der Waals surface area contributed by atoms with E-state index in [-0.39, 0.29) is 6.42 Å². The van der Waals surface area contributed by atoms with Gasteiger partial charge in [0.2, 0.25) is 0 Å². The molecule has 3 fully saturated rings. The van der Waals surface area contributed by atoms with Gasteiger partial charge in [-0.15, -0.1) is 0 Å². The Bertz CT molecular complexity index is 623. The van der Waals surface area contributed by atoms with Crippen molar-refractivity contribution in [2.45, 2.75) is 92.4 Å². The molecule has 3 saturated heterocycles. The average molecular weight is 502 g/mol. The van der Waals surface area contributed by atoms with Crippen LogP contribution in [0.1, 0.15) is 6.42 Å². The zero-order chi connectivity index (χ0) is 25.2. The highest BCUT2D eigenvalue weighted by molar-refractivity contribution is 4.95. The SMILES string of the molecule is COC1OC(CO)C(OC2OC(CO)C(OC3CC(O)C(O)C(CO)O3)C(O)C2O)C(O)C1O. The van der Waals surface area contributed by atoms with E-state index in [1.807, 2.05) is 0 Å². The first-order valence-electron chi connectivity index (χ1n) is 10.9. The summed E-state index contributed by atoms with van der Waals surface area (Å²) in [4.78, 5) is 0. The molecule has 3 aliphatic rings. The first kappa shape index (κ1) is 28.0. The van der Waals surface area contributed by atoms with Crippen LogP contribution in [-0.4, -0.2) is 159 Å². The third-order valence-corrected chi connectivity index (χ3v) is 6.19. The quantitative estimate of drug-likeness (QED) is 0.150. The molecule has 15 nitrogen and oxygen atoms in total. The summed E-state index contributed by atoms with van der Waals surface area (Å²) < 4.78 is 32.3. The smallest absolute Gasteiger partial charge is 0.187 e. The summed E-state index contributed by atoms with van der Waals surface area (Å²) >= 11 is 0. The monoisotopic (exact) mass is 502 g/mol. The molecule has 14 unspecified atom stereocenters. The van der Waals surface area contributed by atoms with Crippen molar-refractivity contribution >= 4 is 0 Å². The van der Waals surface area contributed by atoms with Crippen LogP contribution in [0.15, 0.2) is 0 Å². The van der Waals surface area contributed by atoms with Crippen LogP contribution in [0.2, 0.25) is 0 Å². The van der Waals surface area contributed by atoms with Crippen LogP contribution in [0.5, 0.6) is 0 Å². The van der Waals surface area contributed by atoms with E-state index in [1.54, 1.807) is 0 Å². The summed E-state index contributed by atoms with van der Waals surface area (Å²) in [6.07, 6.45) is -20.1. The minimum absolute atomic E-state index is 0.225. The van der Waals surface area contributed by atoms with Gasteiger partial charge >= 0.3 is 0 Å². The fourth-order valence-electron chi connectivity index (χ4n) is 4.23. The van der Waals surface area contributed by atoms with Gasteiger partial charge < -0.3 is 74.4 Å². The van der Waals surface area contributed by atoms with Gasteiger partial charge in [0, 0.05) is 13.5 Å². The molecule has 0 aliphatic carbocycles. The molecule has 34 heavy (non-hydrogen) atoms. The maximum Gasteiger partial charge on any atom is 0.187 e. The number of methoxy groups -OCH3 is 1. The van der Waals surface area contributed by atoms with Crippen molar-refractivity contribution in [1.29, 1.82) is 0 Å². The Balaban J connectivity index is 1.69. The zero-order valence-electron chi connectivity index (χ0n) is 18.4. The molecule has 15 heteroatoms. The molecular formula is C19H34O15. The number of ether oxygens (including phenoxy) is 6. The van der Waals surface area contributed by atoms with Gasteiger partial charge in [0.25, 0.3) is 0 Å². The van der Waals surface area contributed by atoms with Gasteiger partial charge in [0.1, 0.15) is 61.0 Å². The molecule has 3 heterocycles. The molecular weight excluding hydrogens is 468 g/mol. The maximum atomic E-state index is 10.7. The van der Waals surface area contributed by atoms with Crippen LogP contribution >= 0.6 is 0 Å². The summed E-state index contributed by atoms with van der Waals surface area (Å²) in [6.45, 7) is -1.97. The number of hydrogen-bond acceptors (Lipinski definition) is 15. The van der Waals surface area contributed by atoms with Crippen molar-refractivity contribution < 1.29 is 74.4 Å². The van der Waals surface area contributed by atoms with E-state index in [0.29, 0.717) is 0 Å². The van der Waals surface area contributed by atoms with E-state index in [0.717, 1.165) is 0 Å². The molecule has 0 aromatic rings. The third kappa shape index (κ3) is 5.69. The molecule has 0 bridgehead atoms. The Hall–Kier alpha value is -0.600. The van der Waals surface area contributed by atoms with E-state index in [9.17, 15) is 46.0 Å². The van der Waals surface area contributed by atoms with Gasteiger partial charge in [-0.3, -0.25) is 0 Å². The zero-order valence-corrected chi connectivity index (χ0v) is 18.4. The van der Waals surface area contributed by atoms with E-state index in [4.69, 9.17) is 28.4 Å². The predicted molar refractivity (Wildman–Crippen MR) is 105 cm³/mol. The molecule has 0 spiro atoms. The topological polar surface area (TPSA) is 237 Å². The second-order valence-corrected chi connectivity index (χ2v) is 8.43. The van der Waals surface area contributed by atoms with E-state index in [1.165, 1.54) is 7.11 Å². The largest absolute Gasteiger partial charge is 0.394 e. The Labute approximate surface area is 194 Å². The summed E-state index contributed by atoms with van der Waals surface area (Å²) in [5.41, 5.74) is 0. The second kappa shape index (κ2) is 12.1. The lowest BCUT2D eigenvalue weighted by Crippen LogP contribution is -2.65. The number of rotatable bonds is 8. The molecule has 200 valence electrons. The summed E-state index contributed by atoms with van der Waals surface area (Å²) in [7, 11) is 1.23. The average Bonchev–Trinajstić information content (AvgIpc) is 2.83. The van der Waals surface area contributed by atoms with Crippen LogP contribution in [0.4, 0.5) is 0 Å². The van der Waals surface area contributed by atoms with Crippen molar-refractivity contribution in [3.63, 3.8) is 0 Å². The van der Waals surface area contributed by atoms with Gasteiger partial charge in [-0.25, -0.2) is 0 Å². The first-order chi connectivity index (χ1) is 16.2. The lowest BCUT2D eigenvalue weighted by Gasteiger charge is -2.47. The Morgan fingerprint density at radius 1 is 0.618 bits per heavy atom. The molecule has 9 N–H and O–H groups in total. The van der Waals surface area contributed by atoms with Crippen LogP contribution in [-0.2, 0) is 28.4 Å². The van der Waals surface area contributed by atoms with Crippen molar-refractivity contribution in [1.82, 2.24) is 0 Å². The van der Waals surface area contributed by atoms with Crippen LogP contribution in [0.3, 0.4) is 0 Å². The van der Waals surface area contributed by atoms with Crippen LogP contribution in [0, 0.1) is 0 Å². The lowest BCUT2D eigenvalue weighted by molar-refractivity contribution is -0.371. The highest BCUT2D eigenvalue weighted by Gasteiger charge is 2.52. The van der Waals surface area contributed by atoms with Gasteiger partial charge in [0.05, 0.1) is 25.9 Å². The molecule has 0 aromatic heterocycles. The molecule has 3 aliphatic heterocycles. The first-order valence-corrected chi connectivity index (χ1v) is 10.9. The number of hydrogen-bond donors (Lipinski definition) is 9. The maximum absolute atomic E-state index is 10.7. The van der Waals surface area contributed by atoms with Gasteiger partial charge in [0.15, 0.2) is 18.9 Å². The van der Waals surface area contributed by atoms with Crippen molar-refractivity contribution in [3.8, 4) is 0 Å². The third-order valence-electron chi connectivity index (χ3n) is 6.19. The highest BCUT2D eigenvalue weighted by atomic mass is 16.8. The standard InChI is InChI=1S/C19H34O15/c1-29-18-14(27)12(25)17(9(5-22)31-18)34-19-15(28)13(26)16(8(4-21)32-19)33-10-2-6(23)11(24)7(3-20)30-10/h6-28H,2-5H2,1H3. The fraction of sp³-hybridized carbons (Fsp3) is 1.00. The Morgan fingerprint density at radius 3 is 1.65 bits per heavy atom. The molecule has 0 aromatic carbocycles. The van der Waals surface area contributed by atoms with Gasteiger partial charge in [-0.2, -0.15) is 0 Å². The number of aliphatic hydroxyl groups excluding tert-OH is 9. The van der Waals surface area contributed by atoms with E-state index in [2.05, 4.69) is 0 Å². The minimum Gasteiger partial charge on any atom is -0.394 e. The van der Waals surface area contributed by atoms with Crippen molar-refractivity contribution in [3.05, 3.63) is 0 Å². The number of aliphatic hydroxyl groups is 9. The van der Waals surface area contributed by atoms with Crippen molar-refractivity contribution in [2.24, 2.45) is 0 Å². The summed E-state index contributed by atoms with van der Waals surface area (Å²) in [5.74, 6) is 0. The lowest BCUT2D eigenvalue weighted by atomic mass is 9.96. The van der Waals surface area contributed by atoms with Crippen LogP contribution < -0.4 is 0 Å². The Kier molecular flexibility index (Phi) is 9.95. The van der Waals surface area contributed by atoms with Crippen molar-refractivity contribution in [2.75, 3.05) is 26.9 Å². The Morgan fingerprint density at radius 2 is 1.12 bits per heavy atom. The van der Waals surface area contributed by atoms with E-state index >= 15 is 0 Å². The van der Waals surface area contributed by atoms with Gasteiger partial charge in [-0.05, 0) is 0 Å². The second-order valence-electron chi connectivity index (χ2n) is 8.43. The van der Waals surface area contributed by atoms with E-state index < -0.39 is 106 Å². The molecule has 3 rings (SSSR count). The molecule has 0 amide bonds. The fourth-order valence-corrected chi connectivity index (χ4v) is 4.23.